The van der Waals surface area contributed by atoms with Gasteiger partial charge in [0.25, 0.3) is 0 Å². The van der Waals surface area contributed by atoms with Crippen molar-refractivity contribution in [1.29, 1.82) is 0 Å². The van der Waals surface area contributed by atoms with Crippen LogP contribution in [0.25, 0.3) is 0 Å². The number of benzene rings is 1. The monoisotopic (exact) mass is 212 g/mol. The van der Waals surface area contributed by atoms with Crippen molar-refractivity contribution >= 4 is 17.4 Å². The SMILES string of the molecule is CCOc1ccc(C)c(C(=O)CCl)c1. The summed E-state index contributed by atoms with van der Waals surface area (Å²) < 4.78 is 5.30. The largest absolute Gasteiger partial charge is 0.494 e. The Morgan fingerprint density at radius 3 is 2.79 bits per heavy atom. The van der Waals surface area contributed by atoms with Gasteiger partial charge < -0.3 is 4.74 Å². The molecule has 0 spiro atoms. The average molecular weight is 213 g/mol. The zero-order valence-corrected chi connectivity index (χ0v) is 9.10. The van der Waals surface area contributed by atoms with Crippen molar-refractivity contribution in [3.8, 4) is 5.75 Å². The third kappa shape index (κ3) is 2.48. The highest BCUT2D eigenvalue weighted by Crippen LogP contribution is 2.18. The number of hydrogen-bond donors (Lipinski definition) is 0. The van der Waals surface area contributed by atoms with Gasteiger partial charge in [-0.3, -0.25) is 4.79 Å². The minimum absolute atomic E-state index is 0.0103. The highest BCUT2D eigenvalue weighted by atomic mass is 35.5. The second-order valence-corrected chi connectivity index (χ2v) is 3.23. The summed E-state index contributed by atoms with van der Waals surface area (Å²) in [6, 6.07) is 5.46. The fourth-order valence-corrected chi connectivity index (χ4v) is 1.37. The Bertz CT molecular complexity index is 334. The molecule has 0 radical (unpaired) electrons. The number of ether oxygens (including phenoxy) is 1. The molecule has 2 nitrogen and oxygen atoms in total. The van der Waals surface area contributed by atoms with E-state index in [1.165, 1.54) is 0 Å². The first-order valence-electron chi connectivity index (χ1n) is 4.51. The number of hydrogen-bond acceptors (Lipinski definition) is 2. The van der Waals surface area contributed by atoms with Gasteiger partial charge in [0.2, 0.25) is 0 Å². The van der Waals surface area contributed by atoms with Crippen LogP contribution in [-0.2, 0) is 0 Å². The molecule has 0 atom stereocenters. The van der Waals surface area contributed by atoms with Gasteiger partial charge in [0.15, 0.2) is 5.78 Å². The van der Waals surface area contributed by atoms with E-state index < -0.39 is 0 Å². The second-order valence-electron chi connectivity index (χ2n) is 2.97. The number of rotatable bonds is 4. The maximum absolute atomic E-state index is 11.4. The fraction of sp³-hybridized carbons (Fsp3) is 0.364. The molecule has 76 valence electrons. The number of Topliss-reactive ketones (excluding diaryl/α,β-unsaturated/α-hetero) is 1. The van der Waals surface area contributed by atoms with Crippen molar-refractivity contribution in [2.24, 2.45) is 0 Å². The molecule has 1 aromatic rings. The number of ketones is 1. The maximum Gasteiger partial charge on any atom is 0.177 e. The predicted molar refractivity (Wildman–Crippen MR) is 57.4 cm³/mol. The first kappa shape index (κ1) is 11.1. The summed E-state index contributed by atoms with van der Waals surface area (Å²) in [5.74, 6) is 0.661. The van der Waals surface area contributed by atoms with Crippen LogP contribution in [-0.4, -0.2) is 18.3 Å². The van der Waals surface area contributed by atoms with Crippen LogP contribution in [0.3, 0.4) is 0 Å². The molecule has 0 amide bonds. The van der Waals surface area contributed by atoms with Crippen LogP contribution >= 0.6 is 11.6 Å². The van der Waals surface area contributed by atoms with Gasteiger partial charge in [-0.1, -0.05) is 6.07 Å². The third-order valence-electron chi connectivity index (χ3n) is 1.94. The molecule has 3 heteroatoms. The lowest BCUT2D eigenvalue weighted by Crippen LogP contribution is -2.03. The summed E-state index contributed by atoms with van der Waals surface area (Å²) in [6.07, 6.45) is 0. The molecule has 14 heavy (non-hydrogen) atoms. The number of aryl methyl sites for hydroxylation is 1. The summed E-state index contributed by atoms with van der Waals surface area (Å²) in [5.41, 5.74) is 1.57. The van der Waals surface area contributed by atoms with Crippen LogP contribution in [0.4, 0.5) is 0 Å². The van der Waals surface area contributed by atoms with Crippen LogP contribution in [0.5, 0.6) is 5.75 Å². The molecule has 0 N–H and O–H groups in total. The molecule has 0 saturated carbocycles. The van der Waals surface area contributed by atoms with Gasteiger partial charge >= 0.3 is 0 Å². The average Bonchev–Trinajstić information content (AvgIpc) is 2.20. The van der Waals surface area contributed by atoms with Crippen LogP contribution in [0.2, 0.25) is 0 Å². The number of carbonyl (C=O) groups is 1. The van der Waals surface area contributed by atoms with E-state index in [2.05, 4.69) is 0 Å². The van der Waals surface area contributed by atoms with Crippen molar-refractivity contribution in [1.82, 2.24) is 0 Å². The van der Waals surface area contributed by atoms with E-state index in [4.69, 9.17) is 16.3 Å². The number of halogens is 1. The first-order chi connectivity index (χ1) is 6.69. The van der Waals surface area contributed by atoms with E-state index in [9.17, 15) is 4.79 Å². The molecule has 1 aromatic carbocycles. The predicted octanol–water partition coefficient (Wildman–Crippen LogP) is 2.82. The summed E-state index contributed by atoms with van der Waals surface area (Å²) in [7, 11) is 0. The van der Waals surface area contributed by atoms with Gasteiger partial charge in [-0.2, -0.15) is 0 Å². The fourth-order valence-electron chi connectivity index (χ4n) is 1.23. The molecule has 0 aliphatic rings. The number of carbonyl (C=O) groups excluding carboxylic acids is 1. The first-order valence-corrected chi connectivity index (χ1v) is 5.05. The van der Waals surface area contributed by atoms with Gasteiger partial charge in [-0.25, -0.2) is 0 Å². The Morgan fingerprint density at radius 2 is 2.21 bits per heavy atom. The molecule has 0 saturated heterocycles. The van der Waals surface area contributed by atoms with Crippen LogP contribution in [0, 0.1) is 6.92 Å². The molecule has 0 aliphatic heterocycles. The zero-order chi connectivity index (χ0) is 10.6. The van der Waals surface area contributed by atoms with Crippen molar-refractivity contribution < 1.29 is 9.53 Å². The Balaban J connectivity index is 3.01. The van der Waals surface area contributed by atoms with E-state index in [0.29, 0.717) is 17.9 Å². The van der Waals surface area contributed by atoms with E-state index >= 15 is 0 Å². The Morgan fingerprint density at radius 1 is 1.50 bits per heavy atom. The molecule has 0 fully saturated rings. The summed E-state index contributed by atoms with van der Waals surface area (Å²) in [4.78, 5) is 11.4. The van der Waals surface area contributed by atoms with Gasteiger partial charge in [-0.15, -0.1) is 11.6 Å². The molecular formula is C11H13ClO2. The molecule has 0 aliphatic carbocycles. The second kappa shape index (κ2) is 5.01. The van der Waals surface area contributed by atoms with Crippen molar-refractivity contribution in [2.45, 2.75) is 13.8 Å². The lowest BCUT2D eigenvalue weighted by Gasteiger charge is -2.07. The lowest BCUT2D eigenvalue weighted by molar-refractivity contribution is 0.102. The highest BCUT2D eigenvalue weighted by Gasteiger charge is 2.08. The molecule has 0 unspecified atom stereocenters. The van der Waals surface area contributed by atoms with Crippen molar-refractivity contribution in [2.75, 3.05) is 12.5 Å². The van der Waals surface area contributed by atoms with E-state index in [1.54, 1.807) is 6.07 Å². The molecule has 0 bridgehead atoms. The van der Waals surface area contributed by atoms with Crippen LogP contribution in [0.1, 0.15) is 22.8 Å². The van der Waals surface area contributed by atoms with Crippen LogP contribution < -0.4 is 4.74 Å². The Hall–Kier alpha value is -1.02. The third-order valence-corrected chi connectivity index (χ3v) is 2.18. The standard InChI is InChI=1S/C11H13ClO2/c1-3-14-9-5-4-8(2)10(6-9)11(13)7-12/h4-6H,3,7H2,1-2H3. The van der Waals surface area contributed by atoms with Gasteiger partial charge in [-0.05, 0) is 31.5 Å². The van der Waals surface area contributed by atoms with Gasteiger partial charge in [0.1, 0.15) is 5.75 Å². The topological polar surface area (TPSA) is 26.3 Å². The minimum atomic E-state index is -0.0641. The normalized spacial score (nSPS) is 9.93. The number of alkyl halides is 1. The molecule has 0 heterocycles. The smallest absolute Gasteiger partial charge is 0.177 e. The van der Waals surface area contributed by atoms with Gasteiger partial charge in [0.05, 0.1) is 12.5 Å². The van der Waals surface area contributed by atoms with Gasteiger partial charge in [0, 0.05) is 5.56 Å². The molecule has 0 aromatic heterocycles. The zero-order valence-electron chi connectivity index (χ0n) is 8.34. The Labute approximate surface area is 88.8 Å². The lowest BCUT2D eigenvalue weighted by atomic mass is 10.1. The van der Waals surface area contributed by atoms with E-state index in [0.717, 1.165) is 5.56 Å². The van der Waals surface area contributed by atoms with E-state index in [1.807, 2.05) is 26.0 Å². The molecule has 1 rings (SSSR count). The summed E-state index contributed by atoms with van der Waals surface area (Å²) in [5, 5.41) is 0. The van der Waals surface area contributed by atoms with E-state index in [-0.39, 0.29) is 11.7 Å². The Kier molecular flexibility index (Phi) is 3.96. The minimum Gasteiger partial charge on any atom is -0.494 e. The molecular weight excluding hydrogens is 200 g/mol. The summed E-state index contributed by atoms with van der Waals surface area (Å²) in [6.45, 7) is 4.38. The summed E-state index contributed by atoms with van der Waals surface area (Å²) >= 11 is 5.50. The quantitative estimate of drug-likeness (QED) is 0.567. The van der Waals surface area contributed by atoms with Crippen LogP contribution in [0.15, 0.2) is 18.2 Å². The van der Waals surface area contributed by atoms with Crippen molar-refractivity contribution in [3.63, 3.8) is 0 Å². The van der Waals surface area contributed by atoms with Crippen molar-refractivity contribution in [3.05, 3.63) is 29.3 Å². The maximum atomic E-state index is 11.4. The highest BCUT2D eigenvalue weighted by molar-refractivity contribution is 6.30.